The minimum atomic E-state index is -0.285. The van der Waals surface area contributed by atoms with E-state index in [0.29, 0.717) is 6.42 Å². The lowest BCUT2D eigenvalue weighted by Crippen LogP contribution is -2.35. The summed E-state index contributed by atoms with van der Waals surface area (Å²) in [4.78, 5) is 29.6. The first-order valence-electron chi connectivity index (χ1n) is 6.04. The van der Waals surface area contributed by atoms with Gasteiger partial charge in [-0.2, -0.15) is 0 Å². The van der Waals surface area contributed by atoms with Crippen molar-refractivity contribution in [1.82, 2.24) is 15.3 Å². The van der Waals surface area contributed by atoms with Gasteiger partial charge in [0, 0.05) is 24.5 Å². The van der Waals surface area contributed by atoms with E-state index in [0.717, 1.165) is 5.56 Å². The smallest absolute Gasteiger partial charge is 0.268 e. The highest BCUT2D eigenvalue weighted by Crippen LogP contribution is 2.01. The number of aromatic nitrogens is 2. The number of carbonyl (C=O) groups is 1. The number of carbonyl (C=O) groups excluding carboxylic acids is 1. The minimum absolute atomic E-state index is 0.0413. The number of rotatable bonds is 4. The fourth-order valence-corrected chi connectivity index (χ4v) is 1.81. The van der Waals surface area contributed by atoms with E-state index >= 15 is 0 Å². The van der Waals surface area contributed by atoms with Crippen molar-refractivity contribution in [1.29, 1.82) is 0 Å². The summed E-state index contributed by atoms with van der Waals surface area (Å²) < 4.78 is 0. The zero-order chi connectivity index (χ0) is 13.7. The van der Waals surface area contributed by atoms with Crippen molar-refractivity contribution in [3.05, 3.63) is 64.3 Å². The molecule has 0 saturated heterocycles. The fourth-order valence-electron chi connectivity index (χ4n) is 1.81. The third kappa shape index (κ3) is 3.77. The fraction of sp³-hybridized carbons (Fsp3) is 0.214. The van der Waals surface area contributed by atoms with E-state index in [-0.39, 0.29) is 23.2 Å². The quantitative estimate of drug-likeness (QED) is 0.862. The zero-order valence-electron chi connectivity index (χ0n) is 10.6. The topological polar surface area (TPSA) is 74.8 Å². The molecule has 0 aromatic carbocycles. The molecule has 1 atom stereocenters. The van der Waals surface area contributed by atoms with Crippen molar-refractivity contribution in [3.63, 3.8) is 0 Å². The Balaban J connectivity index is 1.97. The molecule has 2 aromatic rings. The van der Waals surface area contributed by atoms with Crippen molar-refractivity contribution in [2.24, 2.45) is 0 Å². The van der Waals surface area contributed by atoms with Crippen LogP contribution >= 0.6 is 0 Å². The first-order valence-corrected chi connectivity index (χ1v) is 6.04. The van der Waals surface area contributed by atoms with Gasteiger partial charge in [-0.05, 0) is 31.0 Å². The third-order valence-corrected chi connectivity index (χ3v) is 2.66. The second kappa shape index (κ2) is 5.95. The Bertz CT molecular complexity index is 607. The Morgan fingerprint density at radius 2 is 2.21 bits per heavy atom. The molecule has 2 heterocycles. The first kappa shape index (κ1) is 13.0. The van der Waals surface area contributed by atoms with Crippen molar-refractivity contribution in [2.45, 2.75) is 19.4 Å². The van der Waals surface area contributed by atoms with Crippen LogP contribution in [0.1, 0.15) is 23.0 Å². The van der Waals surface area contributed by atoms with Gasteiger partial charge in [-0.15, -0.1) is 0 Å². The Kier molecular flexibility index (Phi) is 4.07. The van der Waals surface area contributed by atoms with Crippen molar-refractivity contribution < 1.29 is 4.79 Å². The first-order chi connectivity index (χ1) is 9.15. The van der Waals surface area contributed by atoms with Gasteiger partial charge >= 0.3 is 0 Å². The van der Waals surface area contributed by atoms with Crippen LogP contribution in [0, 0.1) is 0 Å². The maximum absolute atomic E-state index is 11.9. The number of hydrogen-bond acceptors (Lipinski definition) is 3. The molecule has 19 heavy (non-hydrogen) atoms. The summed E-state index contributed by atoms with van der Waals surface area (Å²) >= 11 is 0. The number of hydrogen-bond donors (Lipinski definition) is 2. The van der Waals surface area contributed by atoms with E-state index in [1.54, 1.807) is 24.5 Å². The molecule has 0 unspecified atom stereocenters. The van der Waals surface area contributed by atoms with Crippen LogP contribution in [0.5, 0.6) is 0 Å². The van der Waals surface area contributed by atoms with Gasteiger partial charge in [-0.25, -0.2) is 0 Å². The average molecular weight is 257 g/mol. The lowest BCUT2D eigenvalue weighted by molar-refractivity contribution is 0.0935. The number of amides is 1. The molecule has 98 valence electrons. The summed E-state index contributed by atoms with van der Waals surface area (Å²) in [6.07, 6.45) is 4.17. The van der Waals surface area contributed by atoms with Crippen molar-refractivity contribution >= 4 is 5.91 Å². The Labute approximate surface area is 110 Å². The molecule has 0 bridgehead atoms. The molecule has 5 nitrogen and oxygen atoms in total. The third-order valence-electron chi connectivity index (χ3n) is 2.66. The van der Waals surface area contributed by atoms with E-state index in [1.165, 1.54) is 6.07 Å². The van der Waals surface area contributed by atoms with Crippen LogP contribution in [0.4, 0.5) is 0 Å². The number of pyridine rings is 2. The van der Waals surface area contributed by atoms with Crippen molar-refractivity contribution in [3.8, 4) is 0 Å². The van der Waals surface area contributed by atoms with Gasteiger partial charge in [0.1, 0.15) is 5.69 Å². The summed E-state index contributed by atoms with van der Waals surface area (Å²) in [6.45, 7) is 1.91. The number of nitrogens with one attached hydrogen (secondary N) is 2. The molecule has 2 aromatic heterocycles. The van der Waals surface area contributed by atoms with Gasteiger partial charge in [-0.3, -0.25) is 14.6 Å². The molecule has 0 aliphatic heterocycles. The van der Waals surface area contributed by atoms with Crippen LogP contribution in [0.2, 0.25) is 0 Å². The lowest BCUT2D eigenvalue weighted by Gasteiger charge is -2.13. The van der Waals surface area contributed by atoms with Gasteiger partial charge in [-0.1, -0.05) is 12.1 Å². The lowest BCUT2D eigenvalue weighted by atomic mass is 10.1. The molecule has 0 saturated carbocycles. The normalized spacial score (nSPS) is 11.8. The van der Waals surface area contributed by atoms with E-state index in [4.69, 9.17) is 0 Å². The van der Waals surface area contributed by atoms with Gasteiger partial charge < -0.3 is 10.3 Å². The molecule has 0 radical (unpaired) electrons. The Morgan fingerprint density at radius 3 is 2.89 bits per heavy atom. The second-order valence-corrected chi connectivity index (χ2v) is 4.37. The molecule has 0 aliphatic carbocycles. The number of nitrogens with zero attached hydrogens (tertiary/aromatic N) is 1. The summed E-state index contributed by atoms with van der Waals surface area (Å²) in [7, 11) is 0. The van der Waals surface area contributed by atoms with Gasteiger partial charge in [0.05, 0.1) is 0 Å². The highest BCUT2D eigenvalue weighted by molar-refractivity contribution is 5.92. The predicted octanol–water partition coefficient (Wildman–Crippen LogP) is 1.13. The molecule has 2 N–H and O–H groups in total. The Hall–Kier alpha value is -2.43. The largest absolute Gasteiger partial charge is 0.348 e. The van der Waals surface area contributed by atoms with Crippen LogP contribution in [0.25, 0.3) is 0 Å². The van der Waals surface area contributed by atoms with Crippen LogP contribution < -0.4 is 10.9 Å². The standard InChI is InChI=1S/C14H15N3O2/c1-10(8-11-4-3-7-15-9-11)16-14(19)12-5-2-6-13(18)17-12/h2-7,9-10H,8H2,1H3,(H,16,19)(H,17,18)/t10-/m0/s1. The monoisotopic (exact) mass is 257 g/mol. The molecule has 1 amide bonds. The van der Waals surface area contributed by atoms with Gasteiger partial charge in [0.25, 0.3) is 5.91 Å². The molecule has 0 fully saturated rings. The van der Waals surface area contributed by atoms with Crippen LogP contribution in [0.3, 0.4) is 0 Å². The van der Waals surface area contributed by atoms with E-state index in [9.17, 15) is 9.59 Å². The predicted molar refractivity (Wildman–Crippen MR) is 71.9 cm³/mol. The Morgan fingerprint density at radius 1 is 1.37 bits per heavy atom. The minimum Gasteiger partial charge on any atom is -0.348 e. The second-order valence-electron chi connectivity index (χ2n) is 4.37. The summed E-state index contributed by atoms with van der Waals surface area (Å²) in [5, 5.41) is 2.84. The van der Waals surface area contributed by atoms with E-state index in [1.807, 2.05) is 19.1 Å². The summed E-state index contributed by atoms with van der Waals surface area (Å²) in [5.41, 5.74) is 1.04. The van der Waals surface area contributed by atoms with E-state index in [2.05, 4.69) is 15.3 Å². The highest BCUT2D eigenvalue weighted by atomic mass is 16.2. The SMILES string of the molecule is C[C@@H](Cc1cccnc1)NC(=O)c1cccc(=O)[nH]1. The maximum atomic E-state index is 11.9. The molecular weight excluding hydrogens is 242 g/mol. The van der Waals surface area contributed by atoms with Gasteiger partial charge in [0.15, 0.2) is 0 Å². The molecule has 5 heteroatoms. The molecule has 0 spiro atoms. The summed E-state index contributed by atoms with van der Waals surface area (Å²) in [5.74, 6) is -0.283. The number of H-pyrrole nitrogens is 1. The average Bonchev–Trinajstić information content (AvgIpc) is 2.39. The molecule has 2 rings (SSSR count). The molecular formula is C14H15N3O2. The van der Waals surface area contributed by atoms with Crippen LogP contribution in [-0.2, 0) is 6.42 Å². The van der Waals surface area contributed by atoms with Gasteiger partial charge in [0.2, 0.25) is 5.56 Å². The van der Waals surface area contributed by atoms with Crippen LogP contribution in [0.15, 0.2) is 47.5 Å². The molecule has 0 aliphatic rings. The number of aromatic amines is 1. The zero-order valence-corrected chi connectivity index (χ0v) is 10.6. The van der Waals surface area contributed by atoms with Crippen molar-refractivity contribution in [2.75, 3.05) is 0 Å². The summed E-state index contributed by atoms with van der Waals surface area (Å²) in [6, 6.07) is 8.28. The van der Waals surface area contributed by atoms with Crippen LogP contribution in [-0.4, -0.2) is 21.9 Å². The highest BCUT2D eigenvalue weighted by Gasteiger charge is 2.10. The maximum Gasteiger partial charge on any atom is 0.268 e. The van der Waals surface area contributed by atoms with E-state index < -0.39 is 0 Å².